The van der Waals surface area contributed by atoms with Gasteiger partial charge in [0.1, 0.15) is 12.4 Å². The van der Waals surface area contributed by atoms with E-state index in [9.17, 15) is 14.0 Å². The highest BCUT2D eigenvalue weighted by Crippen LogP contribution is 2.04. The first-order chi connectivity index (χ1) is 9.08. The van der Waals surface area contributed by atoms with Crippen LogP contribution in [0.2, 0.25) is 0 Å². The molecule has 1 aliphatic rings. The summed E-state index contributed by atoms with van der Waals surface area (Å²) in [6.45, 7) is 1.48. The van der Waals surface area contributed by atoms with Crippen LogP contribution in [-0.2, 0) is 11.3 Å². The molecule has 1 unspecified atom stereocenters. The molecule has 0 spiro atoms. The Morgan fingerprint density at radius 1 is 1.47 bits per heavy atom. The third kappa shape index (κ3) is 3.29. The topological polar surface area (TPSA) is 53.9 Å². The van der Waals surface area contributed by atoms with Crippen LogP contribution in [0.3, 0.4) is 0 Å². The fourth-order valence-corrected chi connectivity index (χ4v) is 2.09. The molecule has 1 aromatic carbocycles. The summed E-state index contributed by atoms with van der Waals surface area (Å²) in [4.78, 5) is 25.3. The molecule has 0 aromatic heterocycles. The Kier molecular flexibility index (Phi) is 4.11. The highest BCUT2D eigenvalue weighted by atomic mass is 19.1. The van der Waals surface area contributed by atoms with Gasteiger partial charge in [0.25, 0.3) is 5.91 Å². The van der Waals surface area contributed by atoms with Crippen LogP contribution in [-0.4, -0.2) is 43.5 Å². The van der Waals surface area contributed by atoms with Crippen molar-refractivity contribution in [3.63, 3.8) is 0 Å². The number of hydrogen-bond acceptors (Lipinski definition) is 2. The van der Waals surface area contributed by atoms with Crippen LogP contribution in [0.25, 0.3) is 0 Å². The van der Waals surface area contributed by atoms with Crippen LogP contribution in [0.15, 0.2) is 24.3 Å². The van der Waals surface area contributed by atoms with Crippen LogP contribution in [0.1, 0.15) is 5.56 Å². The summed E-state index contributed by atoms with van der Waals surface area (Å²) < 4.78 is 13.5. The fraction of sp³-hybridized carbons (Fsp3) is 0.385. The molecule has 5 nitrogen and oxygen atoms in total. The van der Waals surface area contributed by atoms with Gasteiger partial charge in [-0.1, -0.05) is 18.2 Å². The van der Waals surface area contributed by atoms with Gasteiger partial charge >= 0.3 is 6.03 Å². The molecule has 1 aromatic rings. The van der Waals surface area contributed by atoms with E-state index in [0.717, 1.165) is 4.90 Å². The molecule has 0 radical (unpaired) electrons. The molecule has 1 heterocycles. The van der Waals surface area contributed by atoms with Gasteiger partial charge in [-0.05, 0) is 6.07 Å². The van der Waals surface area contributed by atoms with Crippen molar-refractivity contribution >= 4 is 11.9 Å². The Labute approximate surface area is 111 Å². The highest BCUT2D eigenvalue weighted by molar-refractivity contribution is 5.96. The van der Waals surface area contributed by atoms with Crippen molar-refractivity contribution in [2.75, 3.05) is 26.7 Å². The highest BCUT2D eigenvalue weighted by Gasteiger charge is 2.28. The van der Waals surface area contributed by atoms with E-state index >= 15 is 0 Å². The molecule has 1 aliphatic heterocycles. The van der Waals surface area contributed by atoms with Gasteiger partial charge in [0.05, 0.1) is 7.05 Å². The number of amides is 3. The second kappa shape index (κ2) is 5.79. The normalized spacial score (nSPS) is 16.3. The standard InChI is InChI=1S/C13H16FN3O2/c1-16(8-10-4-2-3-5-11(10)14)9-12(18)17-7-6-15-13(17)19/h2-5H,6-9H2,1H3,(H,15,19)/p+1. The molecule has 1 atom stereocenters. The zero-order valence-corrected chi connectivity index (χ0v) is 10.8. The summed E-state index contributed by atoms with van der Waals surface area (Å²) >= 11 is 0. The minimum atomic E-state index is -0.344. The maximum absolute atomic E-state index is 13.5. The molecule has 19 heavy (non-hydrogen) atoms. The predicted molar refractivity (Wildman–Crippen MR) is 67.0 cm³/mol. The smallest absolute Gasteiger partial charge is 0.324 e. The second-order valence-electron chi connectivity index (χ2n) is 4.68. The minimum absolute atomic E-state index is 0.168. The molecule has 0 aliphatic carbocycles. The molecular weight excluding hydrogens is 249 g/mol. The summed E-state index contributed by atoms with van der Waals surface area (Å²) in [5, 5.41) is 2.58. The number of imide groups is 1. The number of hydrogen-bond donors (Lipinski definition) is 2. The number of carbonyl (C=O) groups is 2. The SMILES string of the molecule is C[NH+](CC(=O)N1CCNC1=O)Cc1ccccc1F. The lowest BCUT2D eigenvalue weighted by atomic mass is 10.2. The number of quaternary nitrogens is 1. The lowest BCUT2D eigenvalue weighted by Crippen LogP contribution is -3.09. The number of nitrogens with one attached hydrogen (secondary N) is 2. The minimum Gasteiger partial charge on any atom is -0.336 e. The second-order valence-corrected chi connectivity index (χ2v) is 4.68. The molecule has 1 fully saturated rings. The molecule has 0 saturated carbocycles. The van der Waals surface area contributed by atoms with Gasteiger partial charge in [-0.15, -0.1) is 0 Å². The average Bonchev–Trinajstić information content (AvgIpc) is 2.78. The van der Waals surface area contributed by atoms with Gasteiger partial charge in [0.2, 0.25) is 0 Å². The molecule has 1 saturated heterocycles. The third-order valence-corrected chi connectivity index (χ3v) is 3.06. The van der Waals surface area contributed by atoms with Crippen LogP contribution in [0, 0.1) is 5.82 Å². The number of rotatable bonds is 4. The quantitative estimate of drug-likeness (QED) is 0.764. The van der Waals surface area contributed by atoms with E-state index in [0.29, 0.717) is 25.2 Å². The summed E-state index contributed by atoms with van der Waals surface area (Å²) in [5.74, 6) is -0.503. The summed E-state index contributed by atoms with van der Waals surface area (Å²) in [6.07, 6.45) is 0. The molecule has 6 heteroatoms. The van der Waals surface area contributed by atoms with Gasteiger partial charge < -0.3 is 10.2 Å². The lowest BCUT2D eigenvalue weighted by molar-refractivity contribution is -0.885. The van der Waals surface area contributed by atoms with Crippen molar-refractivity contribution in [1.82, 2.24) is 10.2 Å². The number of nitrogens with zero attached hydrogens (tertiary/aromatic N) is 1. The van der Waals surface area contributed by atoms with E-state index in [-0.39, 0.29) is 24.3 Å². The zero-order chi connectivity index (χ0) is 13.8. The van der Waals surface area contributed by atoms with Gasteiger partial charge in [-0.3, -0.25) is 9.69 Å². The molecule has 2 rings (SSSR count). The average molecular weight is 266 g/mol. The van der Waals surface area contributed by atoms with Crippen LogP contribution >= 0.6 is 0 Å². The van der Waals surface area contributed by atoms with Gasteiger partial charge in [0.15, 0.2) is 6.54 Å². The first-order valence-electron chi connectivity index (χ1n) is 6.21. The van der Waals surface area contributed by atoms with Crippen molar-refractivity contribution in [3.8, 4) is 0 Å². The monoisotopic (exact) mass is 266 g/mol. The number of halogens is 1. The number of benzene rings is 1. The maximum atomic E-state index is 13.5. The Morgan fingerprint density at radius 2 is 2.21 bits per heavy atom. The van der Waals surface area contributed by atoms with E-state index in [1.165, 1.54) is 11.0 Å². The number of urea groups is 1. The first-order valence-corrected chi connectivity index (χ1v) is 6.21. The van der Waals surface area contributed by atoms with Crippen molar-refractivity contribution in [2.45, 2.75) is 6.54 Å². The fourth-order valence-electron chi connectivity index (χ4n) is 2.09. The molecule has 0 bridgehead atoms. The third-order valence-electron chi connectivity index (χ3n) is 3.06. The molecule has 3 amide bonds. The Bertz CT molecular complexity index is 493. The van der Waals surface area contributed by atoms with Crippen molar-refractivity contribution < 1.29 is 18.9 Å². The van der Waals surface area contributed by atoms with Crippen LogP contribution < -0.4 is 10.2 Å². The van der Waals surface area contributed by atoms with E-state index in [1.54, 1.807) is 25.2 Å². The van der Waals surface area contributed by atoms with E-state index in [2.05, 4.69) is 5.32 Å². The Hall–Kier alpha value is -1.95. The summed E-state index contributed by atoms with van der Waals surface area (Å²) in [7, 11) is 1.80. The number of carbonyl (C=O) groups excluding carboxylic acids is 2. The van der Waals surface area contributed by atoms with Gasteiger partial charge in [-0.25, -0.2) is 9.18 Å². The van der Waals surface area contributed by atoms with Crippen molar-refractivity contribution in [2.24, 2.45) is 0 Å². The van der Waals surface area contributed by atoms with E-state index in [1.807, 2.05) is 0 Å². The predicted octanol–water partition coefficient (Wildman–Crippen LogP) is -0.608. The summed E-state index contributed by atoms with van der Waals surface area (Å²) in [5.41, 5.74) is 0.568. The van der Waals surface area contributed by atoms with E-state index in [4.69, 9.17) is 0 Å². The Balaban J connectivity index is 1.91. The zero-order valence-electron chi connectivity index (χ0n) is 10.8. The van der Waals surface area contributed by atoms with Crippen LogP contribution in [0.5, 0.6) is 0 Å². The Morgan fingerprint density at radius 3 is 2.84 bits per heavy atom. The molecule has 102 valence electrons. The first kappa shape index (κ1) is 13.5. The number of likely N-dealkylation sites (N-methyl/N-ethyl adjacent to an activating group) is 1. The largest absolute Gasteiger partial charge is 0.336 e. The maximum Gasteiger partial charge on any atom is 0.324 e. The van der Waals surface area contributed by atoms with Gasteiger partial charge in [-0.2, -0.15) is 0 Å². The molecule has 2 N–H and O–H groups in total. The molecular formula is C13H17FN3O2+. The van der Waals surface area contributed by atoms with Crippen molar-refractivity contribution in [1.29, 1.82) is 0 Å². The van der Waals surface area contributed by atoms with Crippen LogP contribution in [0.4, 0.5) is 9.18 Å². The lowest BCUT2D eigenvalue weighted by Gasteiger charge is -2.17. The van der Waals surface area contributed by atoms with E-state index < -0.39 is 0 Å². The van der Waals surface area contributed by atoms with Gasteiger partial charge in [0, 0.05) is 18.7 Å². The van der Waals surface area contributed by atoms with Crippen molar-refractivity contribution in [3.05, 3.63) is 35.6 Å². The summed E-state index contributed by atoms with van der Waals surface area (Å²) in [6, 6.07) is 6.16.